The summed E-state index contributed by atoms with van der Waals surface area (Å²) in [5, 5.41) is 6.15. The van der Waals surface area contributed by atoms with Crippen LogP contribution in [0, 0.1) is 0 Å². The molecule has 0 heterocycles. The van der Waals surface area contributed by atoms with Crippen LogP contribution in [0.2, 0.25) is 0 Å². The van der Waals surface area contributed by atoms with Crippen molar-refractivity contribution in [3.05, 3.63) is 0 Å². The first-order valence-electron chi connectivity index (χ1n) is 6.78. The second-order valence-electron chi connectivity index (χ2n) is 4.18. The van der Waals surface area contributed by atoms with E-state index in [1.165, 1.54) is 32.1 Å². The molecule has 0 rings (SSSR count). The van der Waals surface area contributed by atoms with Gasteiger partial charge in [-0.1, -0.05) is 32.6 Å². The maximum atomic E-state index is 11.1. The lowest BCUT2D eigenvalue weighted by atomic mass is 10.1. The third-order valence-corrected chi connectivity index (χ3v) is 2.63. The number of hydrogen-bond acceptors (Lipinski definition) is 2. The second-order valence-corrected chi connectivity index (χ2v) is 4.18. The fourth-order valence-electron chi connectivity index (χ4n) is 1.70. The van der Waals surface area contributed by atoms with Crippen molar-refractivity contribution >= 4 is 5.91 Å². The average molecular weight is 228 g/mol. The van der Waals surface area contributed by atoms with Gasteiger partial charge in [0.05, 0.1) is 0 Å². The molecule has 0 aromatic carbocycles. The molecular weight excluding hydrogens is 200 g/mol. The van der Waals surface area contributed by atoms with Crippen LogP contribution in [-0.2, 0) is 4.79 Å². The number of unbranched alkanes of at least 4 members (excludes halogenated alkanes) is 5. The van der Waals surface area contributed by atoms with Crippen LogP contribution in [0.25, 0.3) is 0 Å². The van der Waals surface area contributed by atoms with Crippen LogP contribution >= 0.6 is 0 Å². The molecule has 2 N–H and O–H groups in total. The Labute approximate surface area is 100 Å². The Bertz CT molecular complexity index is 160. The van der Waals surface area contributed by atoms with Gasteiger partial charge in [0.15, 0.2) is 0 Å². The summed E-state index contributed by atoms with van der Waals surface area (Å²) in [4.78, 5) is 11.1. The van der Waals surface area contributed by atoms with E-state index in [9.17, 15) is 4.79 Å². The molecule has 1 amide bonds. The van der Waals surface area contributed by atoms with Crippen LogP contribution in [-0.4, -0.2) is 25.5 Å². The van der Waals surface area contributed by atoms with Gasteiger partial charge in [0.1, 0.15) is 0 Å². The van der Waals surface area contributed by atoms with E-state index in [-0.39, 0.29) is 5.91 Å². The van der Waals surface area contributed by atoms with E-state index in [4.69, 9.17) is 0 Å². The van der Waals surface area contributed by atoms with E-state index in [1.807, 2.05) is 6.92 Å². The van der Waals surface area contributed by atoms with Gasteiger partial charge >= 0.3 is 0 Å². The van der Waals surface area contributed by atoms with Crippen LogP contribution < -0.4 is 10.6 Å². The van der Waals surface area contributed by atoms with E-state index < -0.39 is 0 Å². The summed E-state index contributed by atoms with van der Waals surface area (Å²) < 4.78 is 0. The van der Waals surface area contributed by atoms with E-state index in [0.717, 1.165) is 26.1 Å². The van der Waals surface area contributed by atoms with Crippen molar-refractivity contribution in [1.29, 1.82) is 0 Å². The van der Waals surface area contributed by atoms with Gasteiger partial charge < -0.3 is 10.6 Å². The predicted molar refractivity (Wildman–Crippen MR) is 69.5 cm³/mol. The molecule has 0 atom stereocenters. The lowest BCUT2D eigenvalue weighted by molar-refractivity contribution is -0.121. The number of amides is 1. The molecule has 0 radical (unpaired) electrons. The summed E-state index contributed by atoms with van der Waals surface area (Å²) in [7, 11) is 0. The van der Waals surface area contributed by atoms with E-state index in [1.54, 1.807) is 0 Å². The lowest BCUT2D eigenvalue weighted by Gasteiger charge is -2.03. The van der Waals surface area contributed by atoms with Gasteiger partial charge in [-0.25, -0.2) is 0 Å². The van der Waals surface area contributed by atoms with E-state index >= 15 is 0 Å². The van der Waals surface area contributed by atoms with Crippen LogP contribution in [0.15, 0.2) is 0 Å². The Morgan fingerprint density at radius 2 is 1.50 bits per heavy atom. The molecule has 3 heteroatoms. The van der Waals surface area contributed by atoms with Crippen molar-refractivity contribution in [3.8, 4) is 0 Å². The minimum absolute atomic E-state index is 0.203. The molecular formula is C13H28N2O. The monoisotopic (exact) mass is 228 g/mol. The van der Waals surface area contributed by atoms with Crippen molar-refractivity contribution in [3.63, 3.8) is 0 Å². The summed E-state index contributed by atoms with van der Waals surface area (Å²) in [5.74, 6) is 0.203. The van der Waals surface area contributed by atoms with Gasteiger partial charge in [-0.05, 0) is 32.9 Å². The van der Waals surface area contributed by atoms with E-state index in [2.05, 4.69) is 17.6 Å². The van der Waals surface area contributed by atoms with Crippen LogP contribution in [0.3, 0.4) is 0 Å². The fraction of sp³-hybridized carbons (Fsp3) is 0.923. The zero-order chi connectivity index (χ0) is 12.1. The standard InChI is InChI=1S/C13H28N2O/c1-3-14-12-10-8-6-5-7-9-11-13(16)15-4-2/h14H,3-12H2,1-2H3,(H,15,16). The molecule has 0 aliphatic rings. The largest absolute Gasteiger partial charge is 0.356 e. The van der Waals surface area contributed by atoms with Crippen molar-refractivity contribution < 1.29 is 4.79 Å². The molecule has 0 aromatic heterocycles. The Morgan fingerprint density at radius 3 is 2.12 bits per heavy atom. The van der Waals surface area contributed by atoms with Gasteiger partial charge in [0, 0.05) is 13.0 Å². The Hall–Kier alpha value is -0.570. The number of rotatable bonds is 11. The number of carbonyl (C=O) groups is 1. The third kappa shape index (κ3) is 11.5. The van der Waals surface area contributed by atoms with Crippen molar-refractivity contribution in [1.82, 2.24) is 10.6 Å². The highest BCUT2D eigenvalue weighted by Gasteiger charge is 1.98. The van der Waals surface area contributed by atoms with Crippen molar-refractivity contribution in [2.75, 3.05) is 19.6 Å². The molecule has 0 aliphatic heterocycles. The Kier molecular flexibility index (Phi) is 12.1. The Balaban J connectivity index is 3.01. The summed E-state index contributed by atoms with van der Waals surface area (Å²) in [6.45, 7) is 7.08. The molecule has 0 bridgehead atoms. The van der Waals surface area contributed by atoms with Gasteiger partial charge in [-0.3, -0.25) is 4.79 Å². The minimum atomic E-state index is 0.203. The lowest BCUT2D eigenvalue weighted by Crippen LogP contribution is -2.21. The molecule has 0 fully saturated rings. The topological polar surface area (TPSA) is 41.1 Å². The maximum Gasteiger partial charge on any atom is 0.219 e. The minimum Gasteiger partial charge on any atom is -0.356 e. The van der Waals surface area contributed by atoms with Crippen LogP contribution in [0.5, 0.6) is 0 Å². The van der Waals surface area contributed by atoms with Crippen LogP contribution in [0.1, 0.15) is 58.8 Å². The molecule has 0 saturated carbocycles. The SMILES string of the molecule is CCNCCCCCCCCC(=O)NCC. The highest BCUT2D eigenvalue weighted by atomic mass is 16.1. The highest BCUT2D eigenvalue weighted by Crippen LogP contribution is 2.06. The molecule has 0 aliphatic carbocycles. The fourth-order valence-corrected chi connectivity index (χ4v) is 1.70. The zero-order valence-corrected chi connectivity index (χ0v) is 11.0. The van der Waals surface area contributed by atoms with Gasteiger partial charge in [0.2, 0.25) is 5.91 Å². The molecule has 0 unspecified atom stereocenters. The zero-order valence-electron chi connectivity index (χ0n) is 11.0. The summed E-state index contributed by atoms with van der Waals surface area (Å²) in [6, 6.07) is 0. The summed E-state index contributed by atoms with van der Waals surface area (Å²) in [5.41, 5.74) is 0. The molecule has 3 nitrogen and oxygen atoms in total. The summed E-state index contributed by atoms with van der Waals surface area (Å²) >= 11 is 0. The first kappa shape index (κ1) is 15.4. The third-order valence-electron chi connectivity index (χ3n) is 2.63. The molecule has 0 saturated heterocycles. The van der Waals surface area contributed by atoms with Crippen molar-refractivity contribution in [2.24, 2.45) is 0 Å². The van der Waals surface area contributed by atoms with E-state index in [0.29, 0.717) is 6.42 Å². The van der Waals surface area contributed by atoms with Crippen LogP contribution in [0.4, 0.5) is 0 Å². The van der Waals surface area contributed by atoms with Gasteiger partial charge in [-0.2, -0.15) is 0 Å². The number of carbonyl (C=O) groups excluding carboxylic acids is 1. The summed E-state index contributed by atoms with van der Waals surface area (Å²) in [6.07, 6.45) is 8.10. The number of hydrogen-bond donors (Lipinski definition) is 2. The predicted octanol–water partition coefficient (Wildman–Crippen LogP) is 2.46. The second kappa shape index (κ2) is 12.5. The maximum absolute atomic E-state index is 11.1. The molecule has 96 valence electrons. The average Bonchev–Trinajstić information content (AvgIpc) is 2.27. The first-order chi connectivity index (χ1) is 7.81. The molecule has 0 spiro atoms. The first-order valence-corrected chi connectivity index (χ1v) is 6.78. The van der Waals surface area contributed by atoms with Crippen molar-refractivity contribution in [2.45, 2.75) is 58.8 Å². The normalized spacial score (nSPS) is 10.4. The smallest absolute Gasteiger partial charge is 0.219 e. The van der Waals surface area contributed by atoms with Gasteiger partial charge in [-0.15, -0.1) is 0 Å². The van der Waals surface area contributed by atoms with Gasteiger partial charge in [0.25, 0.3) is 0 Å². The quantitative estimate of drug-likeness (QED) is 0.533. The molecule has 0 aromatic rings. The number of nitrogens with one attached hydrogen (secondary N) is 2. The molecule has 16 heavy (non-hydrogen) atoms. The highest BCUT2D eigenvalue weighted by molar-refractivity contribution is 5.75. The Morgan fingerprint density at radius 1 is 0.875 bits per heavy atom.